The smallest absolute Gasteiger partial charge is 0.317 e. The van der Waals surface area contributed by atoms with Gasteiger partial charge in [0.05, 0.1) is 7.11 Å². The Bertz CT molecular complexity index is 651. The van der Waals surface area contributed by atoms with Crippen molar-refractivity contribution < 1.29 is 18.7 Å². The second kappa shape index (κ2) is 5.91. The molecule has 118 valence electrons. The van der Waals surface area contributed by atoms with Gasteiger partial charge in [-0.05, 0) is 30.5 Å². The van der Waals surface area contributed by atoms with E-state index in [2.05, 4.69) is 0 Å². The highest BCUT2D eigenvalue weighted by Gasteiger charge is 2.50. The molecule has 0 unspecified atom stereocenters. The lowest BCUT2D eigenvalue weighted by Crippen LogP contribution is -2.35. The number of ether oxygens (including phenoxy) is 1. The van der Waals surface area contributed by atoms with Gasteiger partial charge in [-0.1, -0.05) is 12.1 Å². The fourth-order valence-electron chi connectivity index (χ4n) is 3.07. The number of carbonyl (C=O) groups is 2. The lowest BCUT2D eigenvalue weighted by atomic mass is 9.76. The second-order valence-corrected chi connectivity index (χ2v) is 5.88. The third-order valence-corrected chi connectivity index (χ3v) is 4.09. The molecule has 22 heavy (non-hydrogen) atoms. The Morgan fingerprint density at radius 1 is 1.36 bits per heavy atom. The molecule has 1 aromatic rings. The summed E-state index contributed by atoms with van der Waals surface area (Å²) in [4.78, 5) is 26.5. The van der Waals surface area contributed by atoms with Gasteiger partial charge in [0.15, 0.2) is 5.78 Å². The summed E-state index contributed by atoms with van der Waals surface area (Å²) >= 11 is 0. The Kier molecular flexibility index (Phi) is 4.35. The van der Waals surface area contributed by atoms with E-state index in [0.29, 0.717) is 16.7 Å². The van der Waals surface area contributed by atoms with Crippen molar-refractivity contribution in [3.8, 4) is 0 Å². The van der Waals surface area contributed by atoms with E-state index in [1.165, 1.54) is 13.2 Å². The summed E-state index contributed by atoms with van der Waals surface area (Å²) in [5.74, 6) is -1.00. The largest absolute Gasteiger partial charge is 0.468 e. The maximum absolute atomic E-state index is 13.9. The van der Waals surface area contributed by atoms with Gasteiger partial charge in [-0.3, -0.25) is 9.59 Å². The predicted molar refractivity (Wildman–Crippen MR) is 80.8 cm³/mol. The van der Waals surface area contributed by atoms with Crippen molar-refractivity contribution >= 4 is 11.8 Å². The molecule has 5 heteroatoms. The number of carbonyl (C=O) groups excluding carboxylic acids is 2. The monoisotopic (exact) mass is 305 g/mol. The van der Waals surface area contributed by atoms with Crippen molar-refractivity contribution in [3.63, 3.8) is 0 Å². The van der Waals surface area contributed by atoms with Crippen molar-refractivity contribution in [2.75, 3.05) is 21.2 Å². The third kappa shape index (κ3) is 2.63. The zero-order valence-electron chi connectivity index (χ0n) is 13.3. The number of methoxy groups -OCH3 is 1. The number of rotatable bonds is 3. The molecule has 1 fully saturated rings. The molecular formula is C17H20FNO3. The van der Waals surface area contributed by atoms with Crippen molar-refractivity contribution in [2.45, 2.75) is 25.2 Å². The van der Waals surface area contributed by atoms with Gasteiger partial charge in [0, 0.05) is 32.3 Å². The topological polar surface area (TPSA) is 46.6 Å². The number of allylic oxidation sites excluding steroid dienone is 1. The van der Waals surface area contributed by atoms with Crippen LogP contribution in [0.4, 0.5) is 4.39 Å². The summed E-state index contributed by atoms with van der Waals surface area (Å²) in [5.41, 5.74) is 0.320. The van der Waals surface area contributed by atoms with E-state index in [0.717, 1.165) is 0 Å². The first-order chi connectivity index (χ1) is 10.3. The van der Waals surface area contributed by atoms with Crippen LogP contribution in [0.1, 0.15) is 24.0 Å². The summed E-state index contributed by atoms with van der Waals surface area (Å²) in [7, 11) is 4.91. The molecule has 4 nitrogen and oxygen atoms in total. The average molecular weight is 305 g/mol. The number of halogens is 1. The highest BCUT2D eigenvalue weighted by atomic mass is 19.1. The van der Waals surface area contributed by atoms with E-state index in [4.69, 9.17) is 4.74 Å². The Labute approximate surface area is 129 Å². The van der Waals surface area contributed by atoms with Crippen LogP contribution in [0.2, 0.25) is 0 Å². The molecule has 0 bridgehead atoms. The van der Waals surface area contributed by atoms with Crippen LogP contribution in [0.3, 0.4) is 0 Å². The molecule has 1 saturated carbocycles. The van der Waals surface area contributed by atoms with Crippen LogP contribution in [0.5, 0.6) is 0 Å². The van der Waals surface area contributed by atoms with E-state index < -0.39 is 17.2 Å². The van der Waals surface area contributed by atoms with E-state index in [-0.39, 0.29) is 18.6 Å². The SMILES string of the molecule is COC(=O)[C@@]1(c2cccc(F)c2C)CC(=O)/C(=C\N(C)C)C1. The molecule has 0 radical (unpaired) electrons. The number of Topliss-reactive ketones (excluding diaryl/α,β-unsaturated/α-hetero) is 1. The van der Waals surface area contributed by atoms with Gasteiger partial charge in [0.25, 0.3) is 0 Å². The van der Waals surface area contributed by atoms with Crippen molar-refractivity contribution in [3.05, 3.63) is 46.9 Å². The molecule has 2 rings (SSSR count). The van der Waals surface area contributed by atoms with Crippen LogP contribution in [0.15, 0.2) is 30.0 Å². The van der Waals surface area contributed by atoms with Gasteiger partial charge in [-0.25, -0.2) is 4.39 Å². The van der Waals surface area contributed by atoms with Gasteiger partial charge in [0.1, 0.15) is 11.2 Å². The quantitative estimate of drug-likeness (QED) is 0.635. The van der Waals surface area contributed by atoms with Gasteiger partial charge in [-0.2, -0.15) is 0 Å². The second-order valence-electron chi connectivity index (χ2n) is 5.88. The first-order valence-electron chi connectivity index (χ1n) is 7.06. The number of esters is 1. The van der Waals surface area contributed by atoms with E-state index >= 15 is 0 Å². The average Bonchev–Trinajstić information content (AvgIpc) is 2.78. The predicted octanol–water partition coefficient (Wildman–Crippen LogP) is 2.35. The Hall–Kier alpha value is -2.17. The van der Waals surface area contributed by atoms with Crippen LogP contribution < -0.4 is 0 Å². The van der Waals surface area contributed by atoms with Crippen LogP contribution in [-0.4, -0.2) is 37.9 Å². The standard InChI is InChI=1S/C17H20FNO3/c1-11-13(6-5-7-14(11)18)17(16(21)22-4)8-12(10-19(2)3)15(20)9-17/h5-7,10H,8-9H2,1-4H3/b12-10-/t17-/m1/s1. The zero-order valence-corrected chi connectivity index (χ0v) is 13.3. The minimum Gasteiger partial charge on any atom is -0.468 e. The molecular weight excluding hydrogens is 285 g/mol. The van der Waals surface area contributed by atoms with E-state index in [1.54, 1.807) is 30.2 Å². The molecule has 1 aromatic carbocycles. The first-order valence-corrected chi connectivity index (χ1v) is 7.06. The molecule has 1 atom stereocenters. The Morgan fingerprint density at radius 3 is 2.64 bits per heavy atom. The molecule has 1 aliphatic rings. The van der Waals surface area contributed by atoms with Gasteiger partial charge >= 0.3 is 5.97 Å². The normalized spacial score (nSPS) is 23.0. The lowest BCUT2D eigenvalue weighted by Gasteiger charge is -2.27. The fraction of sp³-hybridized carbons (Fsp3) is 0.412. The summed E-state index contributed by atoms with van der Waals surface area (Å²) in [6.07, 6.45) is 1.94. The zero-order chi connectivity index (χ0) is 16.5. The minimum absolute atomic E-state index is 0.00361. The molecule has 1 aliphatic carbocycles. The Morgan fingerprint density at radius 2 is 2.05 bits per heavy atom. The van der Waals surface area contributed by atoms with Gasteiger partial charge in [0.2, 0.25) is 0 Å². The maximum Gasteiger partial charge on any atom is 0.317 e. The molecule has 0 saturated heterocycles. The van der Waals surface area contributed by atoms with Crippen LogP contribution in [0, 0.1) is 12.7 Å². The summed E-state index contributed by atoms with van der Waals surface area (Å²) in [5, 5.41) is 0. The summed E-state index contributed by atoms with van der Waals surface area (Å²) in [6, 6.07) is 4.60. The molecule has 0 heterocycles. The van der Waals surface area contributed by atoms with E-state index in [9.17, 15) is 14.0 Å². The number of nitrogens with zero attached hydrogens (tertiary/aromatic N) is 1. The first kappa shape index (κ1) is 16.2. The maximum atomic E-state index is 13.9. The van der Waals surface area contributed by atoms with Crippen LogP contribution in [0.25, 0.3) is 0 Å². The molecule has 0 spiro atoms. The molecule has 0 N–H and O–H groups in total. The molecule has 0 aliphatic heterocycles. The summed E-state index contributed by atoms with van der Waals surface area (Å²) in [6.45, 7) is 1.62. The molecule has 0 amide bonds. The Balaban J connectivity index is 2.60. The van der Waals surface area contributed by atoms with Crippen LogP contribution in [-0.2, 0) is 19.7 Å². The van der Waals surface area contributed by atoms with Crippen molar-refractivity contribution in [1.29, 1.82) is 0 Å². The summed E-state index contributed by atoms with van der Waals surface area (Å²) < 4.78 is 18.8. The van der Waals surface area contributed by atoms with Gasteiger partial charge in [-0.15, -0.1) is 0 Å². The number of hydrogen-bond donors (Lipinski definition) is 0. The van der Waals surface area contributed by atoms with Crippen molar-refractivity contribution in [1.82, 2.24) is 4.90 Å². The van der Waals surface area contributed by atoms with Gasteiger partial charge < -0.3 is 9.64 Å². The number of hydrogen-bond acceptors (Lipinski definition) is 4. The highest BCUT2D eigenvalue weighted by molar-refractivity contribution is 6.05. The highest BCUT2D eigenvalue weighted by Crippen LogP contribution is 2.44. The number of benzene rings is 1. The third-order valence-electron chi connectivity index (χ3n) is 4.09. The van der Waals surface area contributed by atoms with E-state index in [1.807, 2.05) is 14.1 Å². The van der Waals surface area contributed by atoms with Crippen LogP contribution >= 0.6 is 0 Å². The minimum atomic E-state index is -1.14. The number of ketones is 1. The fourth-order valence-corrected chi connectivity index (χ4v) is 3.07. The van der Waals surface area contributed by atoms with Crippen molar-refractivity contribution in [2.24, 2.45) is 0 Å². The molecule has 0 aromatic heterocycles. The lowest BCUT2D eigenvalue weighted by molar-refractivity contribution is -0.148.